The summed E-state index contributed by atoms with van der Waals surface area (Å²) in [7, 11) is 0. The Hall–Kier alpha value is -0.900. The molecule has 0 bridgehead atoms. The molecule has 0 spiro atoms. The van der Waals surface area contributed by atoms with Crippen molar-refractivity contribution in [3.8, 4) is 0 Å². The van der Waals surface area contributed by atoms with E-state index < -0.39 is 6.10 Å². The monoisotopic (exact) mass is 279 g/mol. The average Bonchev–Trinajstić information content (AvgIpc) is 2.43. The van der Waals surface area contributed by atoms with Gasteiger partial charge in [0.2, 0.25) is 0 Å². The van der Waals surface area contributed by atoms with Gasteiger partial charge in [-0.25, -0.2) is 0 Å². The quantitative estimate of drug-likeness (QED) is 0.685. The van der Waals surface area contributed by atoms with Gasteiger partial charge in [-0.05, 0) is 36.3 Å². The lowest BCUT2D eigenvalue weighted by molar-refractivity contribution is 0.155. The van der Waals surface area contributed by atoms with Crippen molar-refractivity contribution in [1.82, 2.24) is 5.32 Å². The smallest absolute Gasteiger partial charge is 0.0914 e. The van der Waals surface area contributed by atoms with E-state index in [2.05, 4.69) is 31.3 Å². The van der Waals surface area contributed by atoms with Gasteiger partial charge in [0.15, 0.2) is 0 Å². The molecule has 0 amide bonds. The first-order valence-electron chi connectivity index (χ1n) is 7.55. The standard InChI is InChI=1S/C17H29NO2/c1-12(2)9-15-5-7-16(8-6-15)17(20)10-18-14(4)13(3)11-19/h5-8,12-14,17-20H,9-11H2,1-4H3. The Kier molecular flexibility index (Phi) is 7.20. The Morgan fingerprint density at radius 3 is 2.15 bits per heavy atom. The highest BCUT2D eigenvalue weighted by Crippen LogP contribution is 2.15. The Morgan fingerprint density at radius 2 is 1.65 bits per heavy atom. The highest BCUT2D eigenvalue weighted by atomic mass is 16.3. The van der Waals surface area contributed by atoms with E-state index in [4.69, 9.17) is 5.11 Å². The molecule has 1 rings (SSSR count). The minimum absolute atomic E-state index is 0.161. The van der Waals surface area contributed by atoms with Crippen molar-refractivity contribution in [2.75, 3.05) is 13.2 Å². The Morgan fingerprint density at radius 1 is 1.05 bits per heavy atom. The molecular weight excluding hydrogens is 250 g/mol. The van der Waals surface area contributed by atoms with Crippen LogP contribution in [0.1, 0.15) is 44.9 Å². The molecule has 0 aliphatic carbocycles. The number of aliphatic hydroxyl groups is 2. The summed E-state index contributed by atoms with van der Waals surface area (Å²) < 4.78 is 0. The van der Waals surface area contributed by atoms with Crippen LogP contribution in [0.4, 0.5) is 0 Å². The van der Waals surface area contributed by atoms with Crippen molar-refractivity contribution in [1.29, 1.82) is 0 Å². The summed E-state index contributed by atoms with van der Waals surface area (Å²) in [4.78, 5) is 0. The summed E-state index contributed by atoms with van der Waals surface area (Å²) in [5.74, 6) is 0.837. The molecule has 0 heterocycles. The molecule has 0 aromatic heterocycles. The lowest BCUT2D eigenvalue weighted by atomic mass is 10.00. The second kappa shape index (κ2) is 8.40. The minimum atomic E-state index is -0.503. The second-order valence-corrected chi connectivity index (χ2v) is 6.21. The number of hydrogen-bond acceptors (Lipinski definition) is 3. The molecule has 114 valence electrons. The number of nitrogens with one attached hydrogen (secondary N) is 1. The van der Waals surface area contributed by atoms with E-state index >= 15 is 0 Å². The molecule has 1 aromatic rings. The van der Waals surface area contributed by atoms with Crippen LogP contribution >= 0.6 is 0 Å². The Labute approximate surface area is 123 Å². The largest absolute Gasteiger partial charge is 0.396 e. The third-order valence-corrected chi connectivity index (χ3v) is 3.78. The van der Waals surface area contributed by atoms with Crippen LogP contribution in [0, 0.1) is 11.8 Å². The van der Waals surface area contributed by atoms with Crippen LogP contribution in [-0.4, -0.2) is 29.4 Å². The molecule has 1 aromatic carbocycles. The SMILES string of the molecule is CC(C)Cc1ccc(C(O)CNC(C)C(C)CO)cc1. The van der Waals surface area contributed by atoms with Crippen molar-refractivity contribution in [2.45, 2.75) is 46.3 Å². The van der Waals surface area contributed by atoms with Crippen molar-refractivity contribution < 1.29 is 10.2 Å². The summed E-state index contributed by atoms with van der Waals surface area (Å²) in [6.45, 7) is 9.10. The summed E-state index contributed by atoms with van der Waals surface area (Å²) in [5, 5.41) is 22.5. The van der Waals surface area contributed by atoms with Crippen molar-refractivity contribution in [3.05, 3.63) is 35.4 Å². The molecule has 3 atom stereocenters. The van der Waals surface area contributed by atoms with E-state index in [0.717, 1.165) is 12.0 Å². The fourth-order valence-electron chi connectivity index (χ4n) is 2.12. The van der Waals surface area contributed by atoms with Gasteiger partial charge in [0, 0.05) is 19.2 Å². The zero-order chi connectivity index (χ0) is 15.1. The Balaban J connectivity index is 2.49. The van der Waals surface area contributed by atoms with E-state index in [1.54, 1.807) is 0 Å². The average molecular weight is 279 g/mol. The fraction of sp³-hybridized carbons (Fsp3) is 0.647. The third kappa shape index (κ3) is 5.61. The molecule has 3 nitrogen and oxygen atoms in total. The van der Waals surface area contributed by atoms with E-state index in [-0.39, 0.29) is 18.6 Å². The van der Waals surface area contributed by atoms with E-state index in [0.29, 0.717) is 12.5 Å². The normalized spacial score (nSPS) is 16.1. The van der Waals surface area contributed by atoms with Crippen molar-refractivity contribution in [2.24, 2.45) is 11.8 Å². The van der Waals surface area contributed by atoms with Crippen LogP contribution in [0.15, 0.2) is 24.3 Å². The van der Waals surface area contributed by atoms with Crippen LogP contribution in [0.5, 0.6) is 0 Å². The van der Waals surface area contributed by atoms with E-state index in [1.807, 2.05) is 26.0 Å². The maximum Gasteiger partial charge on any atom is 0.0914 e. The molecule has 0 aliphatic heterocycles. The zero-order valence-electron chi connectivity index (χ0n) is 13.1. The van der Waals surface area contributed by atoms with Gasteiger partial charge in [-0.2, -0.15) is 0 Å². The molecule has 3 unspecified atom stereocenters. The van der Waals surface area contributed by atoms with Gasteiger partial charge in [0.1, 0.15) is 0 Å². The Bertz CT molecular complexity index is 375. The highest BCUT2D eigenvalue weighted by Gasteiger charge is 2.13. The summed E-state index contributed by atoms with van der Waals surface area (Å²) >= 11 is 0. The molecule has 3 N–H and O–H groups in total. The minimum Gasteiger partial charge on any atom is -0.396 e. The van der Waals surface area contributed by atoms with Crippen LogP contribution in [-0.2, 0) is 6.42 Å². The number of rotatable bonds is 8. The highest BCUT2D eigenvalue weighted by molar-refractivity contribution is 5.24. The molecule has 20 heavy (non-hydrogen) atoms. The van der Waals surface area contributed by atoms with Gasteiger partial charge < -0.3 is 15.5 Å². The number of hydrogen-bond donors (Lipinski definition) is 3. The summed E-state index contributed by atoms with van der Waals surface area (Å²) in [5.41, 5.74) is 2.25. The topological polar surface area (TPSA) is 52.5 Å². The first kappa shape index (κ1) is 17.2. The predicted octanol–water partition coefficient (Wildman–Crippen LogP) is 2.53. The van der Waals surface area contributed by atoms with Gasteiger partial charge in [-0.3, -0.25) is 0 Å². The molecule has 0 saturated carbocycles. The van der Waals surface area contributed by atoms with Crippen molar-refractivity contribution in [3.63, 3.8) is 0 Å². The van der Waals surface area contributed by atoms with Gasteiger partial charge in [-0.15, -0.1) is 0 Å². The molecular formula is C17H29NO2. The molecule has 0 fully saturated rings. The number of benzene rings is 1. The number of aliphatic hydroxyl groups excluding tert-OH is 2. The molecule has 0 saturated heterocycles. The van der Waals surface area contributed by atoms with E-state index in [9.17, 15) is 5.11 Å². The summed E-state index contributed by atoms with van der Waals surface area (Å²) in [6, 6.07) is 8.39. The van der Waals surface area contributed by atoms with Crippen LogP contribution in [0.25, 0.3) is 0 Å². The van der Waals surface area contributed by atoms with Crippen LogP contribution < -0.4 is 5.32 Å². The van der Waals surface area contributed by atoms with Gasteiger partial charge in [0.05, 0.1) is 6.10 Å². The van der Waals surface area contributed by atoms with Crippen LogP contribution in [0.3, 0.4) is 0 Å². The maximum atomic E-state index is 10.2. The second-order valence-electron chi connectivity index (χ2n) is 6.21. The molecule has 3 heteroatoms. The first-order valence-corrected chi connectivity index (χ1v) is 7.55. The third-order valence-electron chi connectivity index (χ3n) is 3.78. The molecule has 0 aliphatic rings. The first-order chi connectivity index (χ1) is 9.43. The lowest BCUT2D eigenvalue weighted by Gasteiger charge is -2.21. The van der Waals surface area contributed by atoms with Gasteiger partial charge >= 0.3 is 0 Å². The lowest BCUT2D eigenvalue weighted by Crippen LogP contribution is -2.36. The fourth-order valence-corrected chi connectivity index (χ4v) is 2.12. The maximum absolute atomic E-state index is 10.2. The predicted molar refractivity (Wildman–Crippen MR) is 83.7 cm³/mol. The summed E-state index contributed by atoms with van der Waals surface area (Å²) in [6.07, 6.45) is 0.566. The van der Waals surface area contributed by atoms with Crippen LogP contribution in [0.2, 0.25) is 0 Å². The zero-order valence-corrected chi connectivity index (χ0v) is 13.1. The van der Waals surface area contributed by atoms with Gasteiger partial charge in [-0.1, -0.05) is 45.0 Å². The molecule has 0 radical (unpaired) electrons. The van der Waals surface area contributed by atoms with Crippen molar-refractivity contribution >= 4 is 0 Å². The van der Waals surface area contributed by atoms with Gasteiger partial charge in [0.25, 0.3) is 0 Å². The van der Waals surface area contributed by atoms with E-state index in [1.165, 1.54) is 5.56 Å².